The number of hydrogen-bond donors (Lipinski definition) is 1. The van der Waals surface area contributed by atoms with Crippen LogP contribution in [0.15, 0.2) is 47.6 Å². The van der Waals surface area contributed by atoms with E-state index in [1.54, 1.807) is 19.2 Å². The number of rotatable bonds is 9. The van der Waals surface area contributed by atoms with Crippen molar-refractivity contribution in [2.75, 3.05) is 13.7 Å². The standard InChI is InChI=1S/C20H21ClN2O4/c1-25-19-10-15(11-22-27-13-20(24)23-17-7-8-17)4-9-18(19)26-12-14-2-5-16(21)6-3-14/h2-6,9-11,17H,7-8,12-13H2,1H3,(H,23,24)/b22-11-. The van der Waals surface area contributed by atoms with Crippen molar-refractivity contribution < 1.29 is 19.1 Å². The highest BCUT2D eigenvalue weighted by molar-refractivity contribution is 6.30. The van der Waals surface area contributed by atoms with Gasteiger partial charge in [-0.25, -0.2) is 0 Å². The Morgan fingerprint density at radius 1 is 1.22 bits per heavy atom. The summed E-state index contributed by atoms with van der Waals surface area (Å²) in [5.74, 6) is 1.05. The molecule has 1 amide bonds. The van der Waals surface area contributed by atoms with E-state index in [0.29, 0.717) is 29.2 Å². The Labute approximate surface area is 163 Å². The van der Waals surface area contributed by atoms with Crippen molar-refractivity contribution in [1.29, 1.82) is 0 Å². The number of amides is 1. The van der Waals surface area contributed by atoms with Gasteiger partial charge in [0.05, 0.1) is 13.3 Å². The molecule has 6 nitrogen and oxygen atoms in total. The Morgan fingerprint density at radius 2 is 2.00 bits per heavy atom. The lowest BCUT2D eigenvalue weighted by molar-refractivity contribution is -0.125. The van der Waals surface area contributed by atoms with Crippen LogP contribution in [0, 0.1) is 0 Å². The van der Waals surface area contributed by atoms with Crippen molar-refractivity contribution in [2.24, 2.45) is 5.16 Å². The van der Waals surface area contributed by atoms with Gasteiger partial charge >= 0.3 is 0 Å². The maximum Gasteiger partial charge on any atom is 0.260 e. The predicted molar refractivity (Wildman–Crippen MR) is 103 cm³/mol. The second kappa shape index (κ2) is 9.28. The molecule has 0 atom stereocenters. The molecule has 0 spiro atoms. The Balaban J connectivity index is 1.52. The second-order valence-corrected chi connectivity index (χ2v) is 6.61. The highest BCUT2D eigenvalue weighted by Crippen LogP contribution is 2.28. The molecular formula is C20H21ClN2O4. The fourth-order valence-electron chi connectivity index (χ4n) is 2.32. The zero-order valence-electron chi connectivity index (χ0n) is 15.0. The molecule has 0 heterocycles. The number of nitrogens with zero attached hydrogens (tertiary/aromatic N) is 1. The molecule has 7 heteroatoms. The normalized spacial score (nSPS) is 13.4. The van der Waals surface area contributed by atoms with Gasteiger partial charge in [0, 0.05) is 16.6 Å². The zero-order valence-corrected chi connectivity index (χ0v) is 15.7. The summed E-state index contributed by atoms with van der Waals surface area (Å²) in [5.41, 5.74) is 1.78. The number of benzene rings is 2. The highest BCUT2D eigenvalue weighted by Gasteiger charge is 2.23. The molecular weight excluding hydrogens is 368 g/mol. The molecule has 0 aliphatic heterocycles. The summed E-state index contributed by atoms with van der Waals surface area (Å²) in [6, 6.07) is 13.2. The van der Waals surface area contributed by atoms with Crippen molar-refractivity contribution in [3.63, 3.8) is 0 Å². The lowest BCUT2D eigenvalue weighted by atomic mass is 10.2. The van der Waals surface area contributed by atoms with E-state index in [-0.39, 0.29) is 12.5 Å². The molecule has 0 bridgehead atoms. The minimum Gasteiger partial charge on any atom is -0.493 e. The smallest absolute Gasteiger partial charge is 0.260 e. The van der Waals surface area contributed by atoms with E-state index in [2.05, 4.69) is 10.5 Å². The summed E-state index contributed by atoms with van der Waals surface area (Å²) < 4.78 is 11.2. The van der Waals surface area contributed by atoms with Gasteiger partial charge in [-0.1, -0.05) is 28.9 Å². The number of oxime groups is 1. The quantitative estimate of drug-likeness (QED) is 0.526. The molecule has 0 saturated heterocycles. The fourth-order valence-corrected chi connectivity index (χ4v) is 2.44. The van der Waals surface area contributed by atoms with Crippen LogP contribution in [0.25, 0.3) is 0 Å². The molecule has 0 unspecified atom stereocenters. The number of ether oxygens (including phenoxy) is 2. The molecule has 2 aromatic rings. The van der Waals surface area contributed by atoms with Crippen LogP contribution in [0.5, 0.6) is 11.5 Å². The van der Waals surface area contributed by atoms with E-state index >= 15 is 0 Å². The summed E-state index contributed by atoms with van der Waals surface area (Å²) in [6.45, 7) is 0.312. The molecule has 142 valence electrons. The minimum absolute atomic E-state index is 0.0909. The number of methoxy groups -OCH3 is 1. The van der Waals surface area contributed by atoms with Crippen molar-refractivity contribution in [3.8, 4) is 11.5 Å². The van der Waals surface area contributed by atoms with Gasteiger partial charge in [0.15, 0.2) is 18.1 Å². The van der Waals surface area contributed by atoms with E-state index in [1.807, 2.05) is 30.3 Å². The minimum atomic E-state index is -0.154. The fraction of sp³-hybridized carbons (Fsp3) is 0.300. The zero-order chi connectivity index (χ0) is 19.1. The second-order valence-electron chi connectivity index (χ2n) is 6.18. The van der Waals surface area contributed by atoms with E-state index in [1.165, 1.54) is 6.21 Å². The SMILES string of the molecule is COc1cc(/C=N\OCC(=O)NC2CC2)ccc1OCc1ccc(Cl)cc1. The third-order valence-corrected chi connectivity index (χ3v) is 4.16. The number of nitrogens with one attached hydrogen (secondary N) is 1. The van der Waals surface area contributed by atoms with Crippen LogP contribution in [0.4, 0.5) is 0 Å². The van der Waals surface area contributed by atoms with Crippen LogP contribution < -0.4 is 14.8 Å². The van der Waals surface area contributed by atoms with E-state index in [9.17, 15) is 4.79 Å². The molecule has 1 fully saturated rings. The number of carbonyl (C=O) groups is 1. The van der Waals surface area contributed by atoms with Gasteiger partial charge in [0.25, 0.3) is 5.91 Å². The van der Waals surface area contributed by atoms with Crippen LogP contribution >= 0.6 is 11.6 Å². The molecule has 3 rings (SSSR count). The Bertz CT molecular complexity index is 804. The molecule has 2 aromatic carbocycles. The van der Waals surface area contributed by atoms with Crippen LogP contribution in [-0.4, -0.2) is 31.9 Å². The third kappa shape index (κ3) is 6.18. The summed E-state index contributed by atoms with van der Waals surface area (Å²) in [4.78, 5) is 16.5. The first kappa shape index (κ1) is 19.0. The average molecular weight is 389 g/mol. The molecule has 0 aromatic heterocycles. The van der Waals surface area contributed by atoms with E-state index < -0.39 is 0 Å². The van der Waals surface area contributed by atoms with Crippen LogP contribution in [-0.2, 0) is 16.2 Å². The van der Waals surface area contributed by atoms with Gasteiger partial charge < -0.3 is 19.6 Å². The largest absolute Gasteiger partial charge is 0.493 e. The molecule has 1 saturated carbocycles. The van der Waals surface area contributed by atoms with Gasteiger partial charge in [0.2, 0.25) is 0 Å². The maximum atomic E-state index is 11.5. The maximum absolute atomic E-state index is 11.5. The first-order valence-corrected chi connectivity index (χ1v) is 9.02. The van der Waals surface area contributed by atoms with Crippen molar-refractivity contribution in [3.05, 3.63) is 58.6 Å². The first-order valence-electron chi connectivity index (χ1n) is 8.64. The lowest BCUT2D eigenvalue weighted by Gasteiger charge is -2.11. The number of carbonyl (C=O) groups excluding carboxylic acids is 1. The van der Waals surface area contributed by atoms with Gasteiger partial charge in [-0.05, 0) is 48.7 Å². The average Bonchev–Trinajstić information content (AvgIpc) is 3.49. The molecule has 0 radical (unpaired) electrons. The Hall–Kier alpha value is -2.73. The first-order chi connectivity index (χ1) is 13.1. The van der Waals surface area contributed by atoms with Crippen molar-refractivity contribution >= 4 is 23.7 Å². The van der Waals surface area contributed by atoms with Crippen molar-refractivity contribution in [1.82, 2.24) is 5.32 Å². The van der Waals surface area contributed by atoms with Crippen LogP contribution in [0.2, 0.25) is 5.02 Å². The summed E-state index contributed by atoms with van der Waals surface area (Å²) in [6.07, 6.45) is 3.61. The summed E-state index contributed by atoms with van der Waals surface area (Å²) in [7, 11) is 1.57. The van der Waals surface area contributed by atoms with Gasteiger partial charge in [-0.3, -0.25) is 4.79 Å². The third-order valence-electron chi connectivity index (χ3n) is 3.91. The lowest BCUT2D eigenvalue weighted by Crippen LogP contribution is -2.28. The topological polar surface area (TPSA) is 69.2 Å². The summed E-state index contributed by atoms with van der Waals surface area (Å²) in [5, 5.41) is 7.34. The molecule has 27 heavy (non-hydrogen) atoms. The number of hydrogen-bond acceptors (Lipinski definition) is 5. The van der Waals surface area contributed by atoms with E-state index in [4.69, 9.17) is 25.9 Å². The Morgan fingerprint density at radius 3 is 2.70 bits per heavy atom. The predicted octanol–water partition coefficient (Wildman–Crippen LogP) is 3.56. The van der Waals surface area contributed by atoms with E-state index in [0.717, 1.165) is 24.0 Å². The number of halogens is 1. The highest BCUT2D eigenvalue weighted by atomic mass is 35.5. The molecule has 1 aliphatic rings. The van der Waals surface area contributed by atoms with Crippen LogP contribution in [0.3, 0.4) is 0 Å². The van der Waals surface area contributed by atoms with Gasteiger partial charge in [0.1, 0.15) is 6.61 Å². The van der Waals surface area contributed by atoms with Gasteiger partial charge in [-0.15, -0.1) is 0 Å². The summed E-state index contributed by atoms with van der Waals surface area (Å²) >= 11 is 5.88. The monoisotopic (exact) mass is 388 g/mol. The van der Waals surface area contributed by atoms with Crippen LogP contribution in [0.1, 0.15) is 24.0 Å². The van der Waals surface area contributed by atoms with Crippen molar-refractivity contribution in [2.45, 2.75) is 25.5 Å². The molecule has 1 aliphatic carbocycles. The molecule has 1 N–H and O–H groups in total. The van der Waals surface area contributed by atoms with Gasteiger partial charge in [-0.2, -0.15) is 0 Å². The Kier molecular flexibility index (Phi) is 6.54.